The molecule has 0 bridgehead atoms. The third kappa shape index (κ3) is 5.67. The lowest BCUT2D eigenvalue weighted by atomic mass is 10.2. The smallest absolute Gasteiger partial charge is 0.287 e. The second-order valence-electron chi connectivity index (χ2n) is 8.50. The van der Waals surface area contributed by atoms with Crippen LogP contribution in [0.1, 0.15) is 33.2 Å². The van der Waals surface area contributed by atoms with Crippen molar-refractivity contribution in [2.45, 2.75) is 25.6 Å². The Morgan fingerprint density at radius 3 is 2.66 bits per heavy atom. The predicted octanol–water partition coefficient (Wildman–Crippen LogP) is 3.37. The molecule has 2 aromatic heterocycles. The number of nitrogens with zero attached hydrogens (tertiary/aromatic N) is 3. The Morgan fingerprint density at radius 1 is 1.18 bits per heavy atom. The first kappa shape index (κ1) is 25.8. The summed E-state index contributed by atoms with van der Waals surface area (Å²) in [5.74, 6) is -0.991. The molecule has 196 valence electrons. The summed E-state index contributed by atoms with van der Waals surface area (Å²) in [5, 5.41) is 9.57. The molecule has 1 fully saturated rings. The van der Waals surface area contributed by atoms with Gasteiger partial charge in [0.05, 0.1) is 23.0 Å². The minimum absolute atomic E-state index is 0.00477. The van der Waals surface area contributed by atoms with Crippen molar-refractivity contribution in [2.75, 3.05) is 18.5 Å². The number of carbonyl (C=O) groups excluding carboxylic acids is 3. The number of amides is 3. The van der Waals surface area contributed by atoms with Crippen LogP contribution in [0.25, 0.3) is 10.1 Å². The van der Waals surface area contributed by atoms with Crippen LogP contribution in [0.2, 0.25) is 5.02 Å². The molecule has 4 heterocycles. The highest BCUT2D eigenvalue weighted by Gasteiger charge is 2.29. The third-order valence-corrected chi connectivity index (χ3v) is 7.02. The molecular formula is C25H22ClFN6O4S. The van der Waals surface area contributed by atoms with E-state index in [1.54, 1.807) is 0 Å². The van der Waals surface area contributed by atoms with Gasteiger partial charge in [-0.25, -0.2) is 9.37 Å². The van der Waals surface area contributed by atoms with Gasteiger partial charge in [0, 0.05) is 23.6 Å². The van der Waals surface area contributed by atoms with E-state index in [1.807, 2.05) is 24.3 Å². The molecule has 10 nitrogen and oxygen atoms in total. The normalized spacial score (nSPS) is 15.9. The van der Waals surface area contributed by atoms with Gasteiger partial charge in [-0.1, -0.05) is 29.8 Å². The molecule has 3 N–H and O–H groups in total. The van der Waals surface area contributed by atoms with E-state index in [0.717, 1.165) is 16.5 Å². The van der Waals surface area contributed by atoms with Gasteiger partial charge >= 0.3 is 0 Å². The lowest BCUT2D eigenvalue weighted by Crippen LogP contribution is -2.41. The number of imidazole rings is 1. The summed E-state index contributed by atoms with van der Waals surface area (Å²) in [4.78, 5) is 41.7. The summed E-state index contributed by atoms with van der Waals surface area (Å²) < 4.78 is 24.0. The number of hydrogen-bond donors (Lipinski definition) is 3. The molecule has 0 radical (unpaired) electrons. The van der Waals surface area contributed by atoms with Gasteiger partial charge in [0.15, 0.2) is 5.82 Å². The summed E-state index contributed by atoms with van der Waals surface area (Å²) in [7, 11) is 0. The van der Waals surface area contributed by atoms with Crippen molar-refractivity contribution in [1.29, 1.82) is 0 Å². The predicted molar refractivity (Wildman–Crippen MR) is 140 cm³/mol. The van der Waals surface area contributed by atoms with E-state index in [2.05, 4.69) is 25.3 Å². The van der Waals surface area contributed by atoms with Gasteiger partial charge in [-0.2, -0.15) is 4.37 Å². The van der Waals surface area contributed by atoms with Crippen molar-refractivity contribution in [1.82, 2.24) is 24.6 Å². The number of aromatic nitrogens is 3. The minimum Gasteiger partial charge on any atom is -0.376 e. The van der Waals surface area contributed by atoms with Crippen molar-refractivity contribution in [3.63, 3.8) is 0 Å². The fourth-order valence-electron chi connectivity index (χ4n) is 3.87. The number of rotatable bonds is 5. The second-order valence-corrected chi connectivity index (χ2v) is 9.74. The van der Waals surface area contributed by atoms with Gasteiger partial charge in [0.2, 0.25) is 11.7 Å². The fraction of sp³-hybridized carbons (Fsp3) is 0.240. The summed E-state index contributed by atoms with van der Waals surface area (Å²) in [6.07, 6.45) is 0.899. The Morgan fingerprint density at radius 2 is 1.95 bits per heavy atom. The van der Waals surface area contributed by atoms with Crippen LogP contribution in [-0.4, -0.2) is 50.9 Å². The van der Waals surface area contributed by atoms with Gasteiger partial charge in [-0.05, 0) is 48.3 Å². The van der Waals surface area contributed by atoms with E-state index in [4.69, 9.17) is 16.3 Å². The Balaban J connectivity index is 0.000000316. The van der Waals surface area contributed by atoms with Crippen LogP contribution in [-0.2, 0) is 22.6 Å². The number of hydrogen-bond acceptors (Lipinski definition) is 7. The Labute approximate surface area is 225 Å². The maximum Gasteiger partial charge on any atom is 0.287 e. The van der Waals surface area contributed by atoms with E-state index >= 15 is 0 Å². The van der Waals surface area contributed by atoms with E-state index in [9.17, 15) is 18.8 Å². The van der Waals surface area contributed by atoms with Gasteiger partial charge in [-0.15, -0.1) is 0 Å². The van der Waals surface area contributed by atoms with E-state index in [0.29, 0.717) is 29.6 Å². The molecule has 2 aliphatic rings. The van der Waals surface area contributed by atoms with Gasteiger partial charge in [0.25, 0.3) is 11.8 Å². The van der Waals surface area contributed by atoms with Crippen molar-refractivity contribution >= 4 is 56.8 Å². The molecule has 2 aromatic carbocycles. The van der Waals surface area contributed by atoms with Crippen molar-refractivity contribution in [2.24, 2.45) is 0 Å². The average molecular weight is 557 g/mol. The SMILES string of the molecule is Fc1ccc(Cl)cc1.O=C1Cn2c(C(=O)NCC3CCO3)nc(NC(=O)c3nsc4ccccc34)c2CN1. The van der Waals surface area contributed by atoms with Crippen molar-refractivity contribution in [3.8, 4) is 0 Å². The first-order chi connectivity index (χ1) is 18.4. The van der Waals surface area contributed by atoms with Crippen LogP contribution in [0.5, 0.6) is 0 Å². The summed E-state index contributed by atoms with van der Waals surface area (Å²) in [6, 6.07) is 13.1. The van der Waals surface area contributed by atoms with Gasteiger partial charge in [0.1, 0.15) is 18.1 Å². The Hall–Kier alpha value is -3.87. The molecule has 1 saturated heterocycles. The highest BCUT2D eigenvalue weighted by Crippen LogP contribution is 2.25. The monoisotopic (exact) mass is 556 g/mol. The number of nitrogens with one attached hydrogen (secondary N) is 3. The number of ether oxygens (including phenoxy) is 1. The second kappa shape index (κ2) is 11.3. The molecule has 2 aliphatic heterocycles. The lowest BCUT2D eigenvalue weighted by Gasteiger charge is -2.26. The molecule has 0 saturated carbocycles. The number of anilines is 1. The minimum atomic E-state index is -0.417. The van der Waals surface area contributed by atoms with Gasteiger partial charge in [-0.3, -0.25) is 14.4 Å². The lowest BCUT2D eigenvalue weighted by molar-refractivity contribution is -0.122. The molecule has 1 unspecified atom stereocenters. The Bertz CT molecular complexity index is 1480. The average Bonchev–Trinajstić information content (AvgIpc) is 3.47. The standard InChI is InChI=1S/C19H18N6O4S.C6H4ClF/c26-14-9-25-12(8-20-14)16(22-17(25)19(28)21-7-10-5-6-29-10)23-18(27)15-11-3-1-2-4-13(11)30-24-15;7-5-1-3-6(8)4-2-5/h1-4,10H,5-9H2,(H,20,26)(H,21,28)(H,23,27);1-4H. The maximum absolute atomic E-state index is 12.9. The van der Waals surface area contributed by atoms with Crippen LogP contribution in [0.15, 0.2) is 48.5 Å². The van der Waals surface area contributed by atoms with E-state index in [-0.39, 0.29) is 42.6 Å². The summed E-state index contributed by atoms with van der Waals surface area (Å²) in [6.45, 7) is 1.19. The largest absolute Gasteiger partial charge is 0.376 e. The van der Waals surface area contributed by atoms with Gasteiger partial charge < -0.3 is 25.3 Å². The highest BCUT2D eigenvalue weighted by atomic mass is 35.5. The summed E-state index contributed by atoms with van der Waals surface area (Å²) in [5.41, 5.74) is 0.859. The quantitative estimate of drug-likeness (QED) is 0.346. The van der Waals surface area contributed by atoms with Crippen LogP contribution in [0.4, 0.5) is 10.2 Å². The molecule has 4 aromatic rings. The molecular weight excluding hydrogens is 535 g/mol. The maximum atomic E-state index is 12.9. The van der Waals surface area contributed by atoms with Crippen molar-refractivity contribution < 1.29 is 23.5 Å². The Kier molecular flexibility index (Phi) is 7.63. The van der Waals surface area contributed by atoms with E-state index < -0.39 is 11.8 Å². The van der Waals surface area contributed by atoms with Crippen LogP contribution >= 0.6 is 23.1 Å². The third-order valence-electron chi connectivity index (χ3n) is 5.94. The fourth-order valence-corrected chi connectivity index (χ4v) is 4.77. The zero-order valence-corrected chi connectivity index (χ0v) is 21.4. The molecule has 1 atom stereocenters. The first-order valence-electron chi connectivity index (χ1n) is 11.7. The van der Waals surface area contributed by atoms with Crippen LogP contribution in [0, 0.1) is 5.82 Å². The molecule has 38 heavy (non-hydrogen) atoms. The highest BCUT2D eigenvalue weighted by molar-refractivity contribution is 7.13. The van der Waals surface area contributed by atoms with Crippen LogP contribution < -0.4 is 16.0 Å². The number of benzene rings is 2. The topological polar surface area (TPSA) is 127 Å². The zero-order valence-electron chi connectivity index (χ0n) is 19.9. The van der Waals surface area contributed by atoms with Crippen molar-refractivity contribution in [3.05, 3.63) is 76.6 Å². The van der Waals surface area contributed by atoms with E-state index in [1.165, 1.54) is 40.4 Å². The molecule has 13 heteroatoms. The number of carbonyl (C=O) groups is 3. The number of halogens is 2. The molecule has 6 rings (SSSR count). The zero-order chi connectivity index (χ0) is 26.6. The number of fused-ring (bicyclic) bond motifs is 2. The molecule has 0 aliphatic carbocycles. The summed E-state index contributed by atoms with van der Waals surface area (Å²) >= 11 is 6.68. The first-order valence-corrected chi connectivity index (χ1v) is 12.9. The van der Waals surface area contributed by atoms with Crippen LogP contribution in [0.3, 0.4) is 0 Å². The molecule has 0 spiro atoms. The molecule has 3 amide bonds.